The number of rotatable bonds is 6. The van der Waals surface area contributed by atoms with Gasteiger partial charge < -0.3 is 16.0 Å². The van der Waals surface area contributed by atoms with Crippen molar-refractivity contribution in [2.75, 3.05) is 20.6 Å². The van der Waals surface area contributed by atoms with Gasteiger partial charge in [0.2, 0.25) is 11.8 Å². The first kappa shape index (κ1) is 18.2. The molecule has 0 aliphatic heterocycles. The van der Waals surface area contributed by atoms with Crippen molar-refractivity contribution < 1.29 is 9.59 Å². The molecule has 3 N–H and O–H groups in total. The Balaban J connectivity index is 0.00000324. The molecule has 2 unspecified atom stereocenters. The Morgan fingerprint density at radius 3 is 2.53 bits per heavy atom. The third-order valence-electron chi connectivity index (χ3n) is 3.60. The lowest BCUT2D eigenvalue weighted by Crippen LogP contribution is -2.39. The summed E-state index contributed by atoms with van der Waals surface area (Å²) in [6.45, 7) is 0.643. The van der Waals surface area contributed by atoms with Crippen LogP contribution < -0.4 is 11.1 Å². The average molecular weight is 292 g/mol. The Morgan fingerprint density at radius 1 is 1.26 bits per heavy atom. The Labute approximate surface area is 121 Å². The largest absolute Gasteiger partial charge is 0.353 e. The Hall–Kier alpha value is -0.810. The van der Waals surface area contributed by atoms with Gasteiger partial charge >= 0.3 is 0 Å². The number of nitrogens with zero attached hydrogens (tertiary/aromatic N) is 1. The number of nitrogens with one attached hydrogen (secondary N) is 1. The van der Waals surface area contributed by atoms with Crippen molar-refractivity contribution in [1.29, 1.82) is 0 Å². The quantitative estimate of drug-likeness (QED) is 0.764. The van der Waals surface area contributed by atoms with E-state index in [1.54, 1.807) is 19.0 Å². The normalized spacial score (nSPS) is 21.6. The molecule has 6 heteroatoms. The Kier molecular flexibility index (Phi) is 8.76. The molecule has 0 aromatic rings. The van der Waals surface area contributed by atoms with E-state index in [4.69, 9.17) is 5.73 Å². The molecule has 1 saturated carbocycles. The molecular weight excluding hydrogens is 266 g/mol. The SMILES string of the molecule is CN(C)C(=O)CCCC(=O)NC1CCCC1CN.Cl. The van der Waals surface area contributed by atoms with Crippen LogP contribution in [0.5, 0.6) is 0 Å². The average Bonchev–Trinajstić information content (AvgIpc) is 2.75. The van der Waals surface area contributed by atoms with E-state index in [9.17, 15) is 9.59 Å². The standard InChI is InChI=1S/C13H25N3O2.ClH/c1-16(2)13(18)8-4-7-12(17)15-11-6-3-5-10(11)9-14;/h10-11H,3-9,14H2,1-2H3,(H,15,17);1H. The molecule has 112 valence electrons. The molecule has 2 atom stereocenters. The van der Waals surface area contributed by atoms with Crippen LogP contribution in [-0.2, 0) is 9.59 Å². The Morgan fingerprint density at radius 2 is 1.95 bits per heavy atom. The van der Waals surface area contributed by atoms with Crippen LogP contribution in [0.25, 0.3) is 0 Å². The van der Waals surface area contributed by atoms with Gasteiger partial charge in [0.25, 0.3) is 0 Å². The zero-order valence-electron chi connectivity index (χ0n) is 11.9. The predicted molar refractivity (Wildman–Crippen MR) is 78.1 cm³/mol. The molecule has 0 aromatic heterocycles. The van der Waals surface area contributed by atoms with E-state index in [1.807, 2.05) is 0 Å². The summed E-state index contributed by atoms with van der Waals surface area (Å²) in [7, 11) is 3.46. The highest BCUT2D eigenvalue weighted by atomic mass is 35.5. The van der Waals surface area contributed by atoms with Crippen LogP contribution in [0.4, 0.5) is 0 Å². The van der Waals surface area contributed by atoms with Gasteiger partial charge in [-0.25, -0.2) is 0 Å². The Bertz CT molecular complexity index is 298. The molecular formula is C13H26ClN3O2. The summed E-state index contributed by atoms with van der Waals surface area (Å²) in [4.78, 5) is 24.6. The second-order valence-electron chi connectivity index (χ2n) is 5.24. The van der Waals surface area contributed by atoms with Gasteiger partial charge in [0, 0.05) is 33.0 Å². The van der Waals surface area contributed by atoms with Gasteiger partial charge in [0.15, 0.2) is 0 Å². The fourth-order valence-corrected chi connectivity index (χ4v) is 2.41. The van der Waals surface area contributed by atoms with Gasteiger partial charge in [0.1, 0.15) is 0 Å². The van der Waals surface area contributed by atoms with Crippen LogP contribution in [0.2, 0.25) is 0 Å². The predicted octanol–water partition coefficient (Wildman–Crippen LogP) is 0.910. The first-order chi connectivity index (χ1) is 8.54. The zero-order valence-corrected chi connectivity index (χ0v) is 12.7. The number of hydrogen-bond acceptors (Lipinski definition) is 3. The van der Waals surface area contributed by atoms with Crippen molar-refractivity contribution in [2.45, 2.75) is 44.6 Å². The molecule has 1 rings (SSSR count). The summed E-state index contributed by atoms with van der Waals surface area (Å²) >= 11 is 0. The lowest BCUT2D eigenvalue weighted by Gasteiger charge is -2.19. The van der Waals surface area contributed by atoms with Crippen LogP contribution in [0.15, 0.2) is 0 Å². The number of nitrogens with two attached hydrogens (primary N) is 1. The summed E-state index contributed by atoms with van der Waals surface area (Å²) in [5, 5.41) is 3.04. The van der Waals surface area contributed by atoms with Gasteiger partial charge in [-0.05, 0) is 31.7 Å². The molecule has 0 saturated heterocycles. The van der Waals surface area contributed by atoms with Crippen LogP contribution >= 0.6 is 12.4 Å². The minimum Gasteiger partial charge on any atom is -0.353 e. The topological polar surface area (TPSA) is 75.4 Å². The highest BCUT2D eigenvalue weighted by Gasteiger charge is 2.26. The molecule has 0 aromatic carbocycles. The van der Waals surface area contributed by atoms with Crippen LogP contribution in [0, 0.1) is 5.92 Å². The van der Waals surface area contributed by atoms with Gasteiger partial charge in [0.05, 0.1) is 0 Å². The van der Waals surface area contributed by atoms with Crippen LogP contribution in [0.1, 0.15) is 38.5 Å². The highest BCUT2D eigenvalue weighted by Crippen LogP contribution is 2.24. The van der Waals surface area contributed by atoms with Crippen molar-refractivity contribution in [3.8, 4) is 0 Å². The number of halogens is 1. The molecule has 5 nitrogen and oxygen atoms in total. The van der Waals surface area contributed by atoms with Crippen molar-refractivity contribution in [3.63, 3.8) is 0 Å². The van der Waals surface area contributed by atoms with Gasteiger partial charge in [-0.1, -0.05) is 6.42 Å². The van der Waals surface area contributed by atoms with Crippen molar-refractivity contribution in [2.24, 2.45) is 11.7 Å². The first-order valence-electron chi connectivity index (χ1n) is 6.74. The lowest BCUT2D eigenvalue weighted by molar-refractivity contribution is -0.129. The number of carbonyl (C=O) groups excluding carboxylic acids is 2. The molecule has 1 aliphatic carbocycles. The minimum atomic E-state index is 0. The molecule has 0 radical (unpaired) electrons. The lowest BCUT2D eigenvalue weighted by atomic mass is 10.0. The third kappa shape index (κ3) is 6.25. The second kappa shape index (κ2) is 9.15. The van der Waals surface area contributed by atoms with E-state index in [2.05, 4.69) is 5.32 Å². The zero-order chi connectivity index (χ0) is 13.5. The summed E-state index contributed by atoms with van der Waals surface area (Å²) in [6.07, 6.45) is 4.76. The molecule has 1 aliphatic rings. The van der Waals surface area contributed by atoms with Gasteiger partial charge in [-0.2, -0.15) is 0 Å². The van der Waals surface area contributed by atoms with Crippen LogP contribution in [-0.4, -0.2) is 43.4 Å². The van der Waals surface area contributed by atoms with Crippen LogP contribution in [0.3, 0.4) is 0 Å². The summed E-state index contributed by atoms with van der Waals surface area (Å²) in [6, 6.07) is 0.243. The van der Waals surface area contributed by atoms with Crippen molar-refractivity contribution in [3.05, 3.63) is 0 Å². The van der Waals surface area contributed by atoms with E-state index < -0.39 is 0 Å². The molecule has 19 heavy (non-hydrogen) atoms. The molecule has 0 bridgehead atoms. The minimum absolute atomic E-state index is 0. The summed E-state index contributed by atoms with van der Waals surface area (Å²) in [5.74, 6) is 0.549. The smallest absolute Gasteiger partial charge is 0.222 e. The summed E-state index contributed by atoms with van der Waals surface area (Å²) in [5.41, 5.74) is 5.67. The molecule has 1 fully saturated rings. The highest BCUT2D eigenvalue weighted by molar-refractivity contribution is 5.85. The van der Waals surface area contributed by atoms with E-state index in [1.165, 1.54) is 0 Å². The number of amides is 2. The number of carbonyl (C=O) groups is 2. The van der Waals surface area contributed by atoms with E-state index in [0.29, 0.717) is 31.7 Å². The third-order valence-corrected chi connectivity index (χ3v) is 3.60. The maximum Gasteiger partial charge on any atom is 0.222 e. The maximum absolute atomic E-state index is 11.7. The second-order valence-corrected chi connectivity index (χ2v) is 5.24. The number of hydrogen-bond donors (Lipinski definition) is 2. The van der Waals surface area contributed by atoms with E-state index in [-0.39, 0.29) is 30.3 Å². The fourth-order valence-electron chi connectivity index (χ4n) is 2.41. The summed E-state index contributed by atoms with van der Waals surface area (Å²) < 4.78 is 0. The van der Waals surface area contributed by atoms with E-state index >= 15 is 0 Å². The first-order valence-corrected chi connectivity index (χ1v) is 6.74. The molecule has 0 spiro atoms. The van der Waals surface area contributed by atoms with Crippen molar-refractivity contribution >= 4 is 24.2 Å². The van der Waals surface area contributed by atoms with Gasteiger partial charge in [-0.3, -0.25) is 9.59 Å². The monoisotopic (exact) mass is 291 g/mol. The maximum atomic E-state index is 11.7. The fraction of sp³-hybridized carbons (Fsp3) is 0.846. The van der Waals surface area contributed by atoms with E-state index in [0.717, 1.165) is 19.3 Å². The van der Waals surface area contributed by atoms with Gasteiger partial charge in [-0.15, -0.1) is 12.4 Å². The molecule has 2 amide bonds. The molecule has 0 heterocycles. The van der Waals surface area contributed by atoms with Crippen molar-refractivity contribution in [1.82, 2.24) is 10.2 Å².